The van der Waals surface area contributed by atoms with Gasteiger partial charge in [0, 0.05) is 13.3 Å². The first-order valence-corrected chi connectivity index (χ1v) is 5.22. The molecule has 0 aliphatic rings. The van der Waals surface area contributed by atoms with Gasteiger partial charge in [0.1, 0.15) is 0 Å². The molecule has 0 N–H and O–H groups in total. The maximum Gasteiger partial charge on any atom is 0.0769 e. The molecule has 1 aromatic carbocycles. The first-order chi connectivity index (χ1) is 7.36. The molecule has 15 heavy (non-hydrogen) atoms. The van der Waals surface area contributed by atoms with Crippen LogP contribution in [0.1, 0.15) is 18.9 Å². The summed E-state index contributed by atoms with van der Waals surface area (Å²) < 4.78 is 5.28. The highest BCUT2D eigenvalue weighted by molar-refractivity contribution is 5.79. The molecule has 2 heteroatoms. The molecule has 0 bridgehead atoms. The second-order valence-electron chi connectivity index (χ2n) is 3.41. The van der Waals surface area contributed by atoms with Crippen LogP contribution in [0, 0.1) is 6.42 Å². The van der Waals surface area contributed by atoms with Crippen molar-refractivity contribution in [1.29, 1.82) is 0 Å². The highest BCUT2D eigenvalue weighted by atomic mass is 16.5. The Morgan fingerprint density at radius 2 is 2.07 bits per heavy atom. The number of benzene rings is 1. The zero-order chi connectivity index (χ0) is 10.9. The first kappa shape index (κ1) is 11.9. The van der Waals surface area contributed by atoms with E-state index in [9.17, 15) is 0 Å². The summed E-state index contributed by atoms with van der Waals surface area (Å²) in [6, 6.07) is 10.1. The van der Waals surface area contributed by atoms with Gasteiger partial charge in [-0.3, -0.25) is 4.99 Å². The summed E-state index contributed by atoms with van der Waals surface area (Å²) in [5.74, 6) is 0. The largest absolute Gasteiger partial charge is 0.380 e. The van der Waals surface area contributed by atoms with Crippen LogP contribution in [0.3, 0.4) is 0 Å². The lowest BCUT2D eigenvalue weighted by Gasteiger charge is -2.10. The Labute approximate surface area is 92.0 Å². The molecular weight excluding hydrogens is 186 g/mol. The fourth-order valence-electron chi connectivity index (χ4n) is 1.32. The number of nitrogens with zero attached hydrogens (tertiary/aromatic N) is 1. The first-order valence-electron chi connectivity index (χ1n) is 5.22. The molecule has 0 fully saturated rings. The van der Waals surface area contributed by atoms with E-state index < -0.39 is 0 Å². The molecule has 0 amide bonds. The van der Waals surface area contributed by atoms with Crippen LogP contribution in [-0.2, 0) is 4.74 Å². The van der Waals surface area contributed by atoms with Crippen molar-refractivity contribution in [1.82, 2.24) is 0 Å². The fraction of sp³-hybridized carbons (Fsp3) is 0.385. The predicted molar refractivity (Wildman–Crippen MR) is 64.3 cm³/mol. The summed E-state index contributed by atoms with van der Waals surface area (Å²) in [6.45, 7) is 2.75. The minimum absolute atomic E-state index is 0.204. The maximum atomic E-state index is 5.28. The van der Waals surface area contributed by atoms with Crippen LogP contribution in [-0.4, -0.2) is 26.0 Å². The molecule has 81 valence electrons. The number of aliphatic imine (C=N–C) groups is 1. The molecular formula is C13H18NO. The SMILES string of the molecule is C[CH]CC(CN=Cc1ccccc1)OC. The predicted octanol–water partition coefficient (Wildman–Crippen LogP) is 2.73. The number of ether oxygens (including phenoxy) is 1. The second-order valence-corrected chi connectivity index (χ2v) is 3.41. The lowest BCUT2D eigenvalue weighted by atomic mass is 10.2. The normalized spacial score (nSPS) is 13.2. The molecule has 0 saturated carbocycles. The van der Waals surface area contributed by atoms with E-state index in [1.54, 1.807) is 7.11 Å². The highest BCUT2D eigenvalue weighted by Gasteiger charge is 2.02. The van der Waals surface area contributed by atoms with Gasteiger partial charge in [-0.1, -0.05) is 37.3 Å². The summed E-state index contributed by atoms with van der Waals surface area (Å²) in [4.78, 5) is 4.36. The van der Waals surface area contributed by atoms with Crippen LogP contribution in [0.4, 0.5) is 0 Å². The number of hydrogen-bond acceptors (Lipinski definition) is 2. The van der Waals surface area contributed by atoms with E-state index in [1.807, 2.05) is 43.5 Å². The molecule has 1 radical (unpaired) electrons. The van der Waals surface area contributed by atoms with Crippen LogP contribution in [0.15, 0.2) is 35.3 Å². The molecule has 0 aliphatic heterocycles. The molecule has 0 heterocycles. The van der Waals surface area contributed by atoms with E-state index >= 15 is 0 Å². The zero-order valence-electron chi connectivity index (χ0n) is 9.39. The molecule has 1 atom stereocenters. The van der Waals surface area contributed by atoms with E-state index in [1.165, 1.54) is 0 Å². The van der Waals surface area contributed by atoms with Gasteiger partial charge in [-0.25, -0.2) is 0 Å². The number of hydrogen-bond donors (Lipinski definition) is 0. The fourth-order valence-corrected chi connectivity index (χ4v) is 1.32. The van der Waals surface area contributed by atoms with E-state index in [4.69, 9.17) is 4.74 Å². The van der Waals surface area contributed by atoms with Gasteiger partial charge >= 0.3 is 0 Å². The molecule has 1 rings (SSSR count). The quantitative estimate of drug-likeness (QED) is 0.653. The van der Waals surface area contributed by atoms with Gasteiger partial charge in [0.15, 0.2) is 0 Å². The standard InChI is InChI=1S/C13H18NO/c1-3-7-13(15-2)11-14-10-12-8-5-4-6-9-12/h3-6,8-10,13H,7,11H2,1-2H3. The topological polar surface area (TPSA) is 21.6 Å². The van der Waals surface area contributed by atoms with Crippen molar-refractivity contribution >= 4 is 6.21 Å². The third kappa shape index (κ3) is 4.75. The number of methoxy groups -OCH3 is 1. The highest BCUT2D eigenvalue weighted by Crippen LogP contribution is 2.01. The van der Waals surface area contributed by atoms with Crippen LogP contribution in [0.5, 0.6) is 0 Å². The Bertz CT molecular complexity index is 282. The Morgan fingerprint density at radius 1 is 1.33 bits per heavy atom. The van der Waals surface area contributed by atoms with Gasteiger partial charge in [0.2, 0.25) is 0 Å². The van der Waals surface area contributed by atoms with Crippen molar-refractivity contribution in [2.75, 3.05) is 13.7 Å². The summed E-state index contributed by atoms with van der Waals surface area (Å²) >= 11 is 0. The van der Waals surface area contributed by atoms with Crippen molar-refractivity contribution in [3.05, 3.63) is 42.3 Å². The molecule has 1 aromatic rings. The second kappa shape index (κ2) is 7.18. The van der Waals surface area contributed by atoms with E-state index in [2.05, 4.69) is 11.4 Å². The average molecular weight is 204 g/mol. The van der Waals surface area contributed by atoms with Crippen molar-refractivity contribution in [2.24, 2.45) is 4.99 Å². The summed E-state index contributed by atoms with van der Waals surface area (Å²) in [5.41, 5.74) is 1.13. The summed E-state index contributed by atoms with van der Waals surface area (Å²) in [7, 11) is 1.73. The van der Waals surface area contributed by atoms with Gasteiger partial charge < -0.3 is 4.74 Å². The minimum atomic E-state index is 0.204. The third-order valence-electron chi connectivity index (χ3n) is 2.18. The molecule has 0 saturated heterocycles. The molecule has 2 nitrogen and oxygen atoms in total. The lowest BCUT2D eigenvalue weighted by molar-refractivity contribution is 0.110. The zero-order valence-corrected chi connectivity index (χ0v) is 9.39. The van der Waals surface area contributed by atoms with Crippen LogP contribution >= 0.6 is 0 Å². The average Bonchev–Trinajstić information content (AvgIpc) is 2.29. The monoisotopic (exact) mass is 204 g/mol. The van der Waals surface area contributed by atoms with Crippen molar-refractivity contribution in [2.45, 2.75) is 19.4 Å². The van der Waals surface area contributed by atoms with Crippen LogP contribution in [0.2, 0.25) is 0 Å². The lowest BCUT2D eigenvalue weighted by Crippen LogP contribution is -2.14. The van der Waals surface area contributed by atoms with Gasteiger partial charge in [-0.05, 0) is 18.4 Å². The van der Waals surface area contributed by atoms with E-state index in [0.717, 1.165) is 18.5 Å². The Kier molecular flexibility index (Phi) is 5.71. The van der Waals surface area contributed by atoms with Crippen LogP contribution < -0.4 is 0 Å². The molecule has 0 aliphatic carbocycles. The smallest absolute Gasteiger partial charge is 0.0769 e. The van der Waals surface area contributed by atoms with Gasteiger partial charge in [0.05, 0.1) is 12.6 Å². The Balaban J connectivity index is 2.38. The van der Waals surface area contributed by atoms with Crippen molar-refractivity contribution in [3.8, 4) is 0 Å². The van der Waals surface area contributed by atoms with Crippen LogP contribution in [0.25, 0.3) is 0 Å². The molecule has 0 aromatic heterocycles. The van der Waals surface area contributed by atoms with Crippen molar-refractivity contribution < 1.29 is 4.74 Å². The number of rotatable bonds is 6. The van der Waals surface area contributed by atoms with E-state index in [-0.39, 0.29) is 6.10 Å². The molecule has 1 unspecified atom stereocenters. The van der Waals surface area contributed by atoms with Gasteiger partial charge in [-0.2, -0.15) is 0 Å². The van der Waals surface area contributed by atoms with Crippen molar-refractivity contribution in [3.63, 3.8) is 0 Å². The van der Waals surface area contributed by atoms with Gasteiger partial charge in [0.25, 0.3) is 0 Å². The summed E-state index contributed by atoms with van der Waals surface area (Å²) in [6.07, 6.45) is 5.14. The molecule has 0 spiro atoms. The van der Waals surface area contributed by atoms with E-state index in [0.29, 0.717) is 0 Å². The summed E-state index contributed by atoms with van der Waals surface area (Å²) in [5, 5.41) is 0. The van der Waals surface area contributed by atoms with Gasteiger partial charge in [-0.15, -0.1) is 0 Å². The maximum absolute atomic E-state index is 5.28. The third-order valence-corrected chi connectivity index (χ3v) is 2.18. The minimum Gasteiger partial charge on any atom is -0.380 e. The Morgan fingerprint density at radius 3 is 2.67 bits per heavy atom. The Hall–Kier alpha value is -1.15.